The van der Waals surface area contributed by atoms with Crippen molar-refractivity contribution in [3.8, 4) is 5.75 Å². The van der Waals surface area contributed by atoms with Gasteiger partial charge in [-0.1, -0.05) is 13.0 Å². The summed E-state index contributed by atoms with van der Waals surface area (Å²) in [5.74, 6) is -1.89. The first-order valence-electron chi connectivity index (χ1n) is 6.03. The molecule has 1 aromatic carbocycles. The number of aliphatic hydroxyl groups is 1. The Labute approximate surface area is 104 Å². The van der Waals surface area contributed by atoms with Crippen molar-refractivity contribution in [1.29, 1.82) is 0 Å². The first-order valence-corrected chi connectivity index (χ1v) is 6.03. The summed E-state index contributed by atoms with van der Waals surface area (Å²) in [4.78, 5) is 0. The van der Waals surface area contributed by atoms with Gasteiger partial charge in [-0.05, 0) is 18.6 Å². The lowest BCUT2D eigenvalue weighted by atomic mass is 9.88. The van der Waals surface area contributed by atoms with Gasteiger partial charge in [-0.2, -0.15) is 0 Å². The molecule has 0 bridgehead atoms. The minimum atomic E-state index is -0.745. The lowest BCUT2D eigenvalue weighted by Crippen LogP contribution is -2.55. The third-order valence-electron chi connectivity index (χ3n) is 2.92. The Hall–Kier alpha value is -1.20. The molecule has 1 saturated carbocycles. The summed E-state index contributed by atoms with van der Waals surface area (Å²) in [6, 6.07) is 3.54. The molecule has 0 spiro atoms. The van der Waals surface area contributed by atoms with Gasteiger partial charge in [0, 0.05) is 13.0 Å². The van der Waals surface area contributed by atoms with Crippen LogP contribution in [-0.2, 0) is 4.74 Å². The standard InChI is InChI=1S/C13H16F2O3/c1-2-6-17-13-10(16)7-11(13)18-12-8(14)4-3-5-9(12)15/h3-5,10-11,13,16H,2,6-7H2,1H3. The third-order valence-corrected chi connectivity index (χ3v) is 2.92. The van der Waals surface area contributed by atoms with Crippen LogP contribution in [0.2, 0.25) is 0 Å². The zero-order valence-electron chi connectivity index (χ0n) is 10.1. The van der Waals surface area contributed by atoms with E-state index in [2.05, 4.69) is 0 Å². The van der Waals surface area contributed by atoms with Crippen molar-refractivity contribution in [2.75, 3.05) is 6.61 Å². The molecule has 0 heterocycles. The summed E-state index contributed by atoms with van der Waals surface area (Å²) in [5, 5.41) is 9.53. The Morgan fingerprint density at radius 2 is 2.00 bits per heavy atom. The van der Waals surface area contributed by atoms with Gasteiger partial charge in [0.2, 0.25) is 0 Å². The maximum Gasteiger partial charge on any atom is 0.191 e. The fraction of sp³-hybridized carbons (Fsp3) is 0.538. The third kappa shape index (κ3) is 2.62. The molecule has 1 aromatic rings. The number of halogens is 2. The van der Waals surface area contributed by atoms with E-state index >= 15 is 0 Å². The van der Waals surface area contributed by atoms with Crippen LogP contribution in [0.4, 0.5) is 8.78 Å². The summed E-state index contributed by atoms with van der Waals surface area (Å²) in [5.41, 5.74) is 0. The predicted molar refractivity (Wildman–Crippen MR) is 61.4 cm³/mol. The van der Waals surface area contributed by atoms with Crippen molar-refractivity contribution < 1.29 is 23.4 Å². The summed E-state index contributed by atoms with van der Waals surface area (Å²) in [6.45, 7) is 2.43. The average molecular weight is 258 g/mol. The molecule has 3 nitrogen and oxygen atoms in total. The molecular formula is C13H16F2O3. The van der Waals surface area contributed by atoms with E-state index in [4.69, 9.17) is 9.47 Å². The van der Waals surface area contributed by atoms with Gasteiger partial charge in [0.1, 0.15) is 12.2 Å². The van der Waals surface area contributed by atoms with Gasteiger partial charge < -0.3 is 14.6 Å². The van der Waals surface area contributed by atoms with E-state index in [9.17, 15) is 13.9 Å². The van der Waals surface area contributed by atoms with Crippen LogP contribution in [0.15, 0.2) is 18.2 Å². The smallest absolute Gasteiger partial charge is 0.191 e. The van der Waals surface area contributed by atoms with Gasteiger partial charge in [-0.25, -0.2) is 8.78 Å². The van der Waals surface area contributed by atoms with E-state index in [1.54, 1.807) is 0 Å². The van der Waals surface area contributed by atoms with Crippen LogP contribution in [0.25, 0.3) is 0 Å². The number of hydrogen-bond donors (Lipinski definition) is 1. The normalized spacial score (nSPS) is 26.8. The Morgan fingerprint density at radius 3 is 2.56 bits per heavy atom. The molecule has 18 heavy (non-hydrogen) atoms. The molecule has 5 heteroatoms. The largest absolute Gasteiger partial charge is 0.481 e. The molecule has 0 radical (unpaired) electrons. The second-order valence-corrected chi connectivity index (χ2v) is 4.35. The van der Waals surface area contributed by atoms with E-state index < -0.39 is 35.7 Å². The molecule has 1 fully saturated rings. The van der Waals surface area contributed by atoms with Gasteiger partial charge in [0.15, 0.2) is 17.4 Å². The molecular weight excluding hydrogens is 242 g/mol. The quantitative estimate of drug-likeness (QED) is 0.880. The highest BCUT2D eigenvalue weighted by Gasteiger charge is 2.43. The monoisotopic (exact) mass is 258 g/mol. The summed E-state index contributed by atoms with van der Waals surface area (Å²) in [7, 11) is 0. The van der Waals surface area contributed by atoms with Crippen molar-refractivity contribution in [3.63, 3.8) is 0 Å². The number of aliphatic hydroxyl groups excluding tert-OH is 1. The summed E-state index contributed by atoms with van der Waals surface area (Å²) >= 11 is 0. The first kappa shape index (κ1) is 13.2. The Bertz CT molecular complexity index is 391. The SMILES string of the molecule is CCCOC1C(O)CC1Oc1c(F)cccc1F. The maximum absolute atomic E-state index is 13.4. The minimum absolute atomic E-state index is 0.322. The van der Waals surface area contributed by atoms with Gasteiger partial charge in [0.05, 0.1) is 6.10 Å². The van der Waals surface area contributed by atoms with Crippen molar-refractivity contribution >= 4 is 0 Å². The van der Waals surface area contributed by atoms with Crippen molar-refractivity contribution in [3.05, 3.63) is 29.8 Å². The molecule has 0 amide bonds. The Kier molecular flexibility index (Phi) is 4.14. The van der Waals surface area contributed by atoms with Gasteiger partial charge >= 0.3 is 0 Å². The molecule has 2 rings (SSSR count). The van der Waals surface area contributed by atoms with Crippen molar-refractivity contribution in [1.82, 2.24) is 0 Å². The van der Waals surface area contributed by atoms with Crippen LogP contribution in [-0.4, -0.2) is 30.0 Å². The highest BCUT2D eigenvalue weighted by atomic mass is 19.1. The summed E-state index contributed by atoms with van der Waals surface area (Å²) < 4.78 is 37.4. The van der Waals surface area contributed by atoms with Crippen LogP contribution in [0.1, 0.15) is 19.8 Å². The van der Waals surface area contributed by atoms with Gasteiger partial charge in [-0.15, -0.1) is 0 Å². The zero-order valence-corrected chi connectivity index (χ0v) is 10.1. The first-order chi connectivity index (χ1) is 8.63. The fourth-order valence-corrected chi connectivity index (χ4v) is 1.89. The van der Waals surface area contributed by atoms with E-state index in [1.807, 2.05) is 6.92 Å². The number of ether oxygens (including phenoxy) is 2. The number of para-hydroxylation sites is 1. The lowest BCUT2D eigenvalue weighted by Gasteiger charge is -2.40. The molecule has 1 aliphatic carbocycles. The highest BCUT2D eigenvalue weighted by Crippen LogP contribution is 2.31. The van der Waals surface area contributed by atoms with Crippen LogP contribution >= 0.6 is 0 Å². The topological polar surface area (TPSA) is 38.7 Å². The van der Waals surface area contributed by atoms with Gasteiger partial charge in [0.25, 0.3) is 0 Å². The second-order valence-electron chi connectivity index (χ2n) is 4.35. The maximum atomic E-state index is 13.4. The molecule has 0 saturated heterocycles. The zero-order chi connectivity index (χ0) is 13.1. The Morgan fingerprint density at radius 1 is 1.33 bits per heavy atom. The Balaban J connectivity index is 2.01. The van der Waals surface area contributed by atoms with Crippen molar-refractivity contribution in [2.24, 2.45) is 0 Å². The molecule has 3 atom stereocenters. The molecule has 0 aliphatic heterocycles. The molecule has 0 aromatic heterocycles. The summed E-state index contributed by atoms with van der Waals surface area (Å²) in [6.07, 6.45) is -0.509. The van der Waals surface area contributed by atoms with E-state index in [-0.39, 0.29) is 0 Å². The lowest BCUT2D eigenvalue weighted by molar-refractivity contribution is -0.163. The van der Waals surface area contributed by atoms with Crippen LogP contribution in [0.5, 0.6) is 5.75 Å². The van der Waals surface area contributed by atoms with E-state index in [0.29, 0.717) is 13.0 Å². The van der Waals surface area contributed by atoms with Crippen molar-refractivity contribution in [2.45, 2.75) is 38.1 Å². The average Bonchev–Trinajstić information content (AvgIpc) is 2.33. The van der Waals surface area contributed by atoms with Crippen LogP contribution in [0.3, 0.4) is 0 Å². The molecule has 100 valence electrons. The second kappa shape index (κ2) is 5.63. The molecule has 1 N–H and O–H groups in total. The number of hydrogen-bond acceptors (Lipinski definition) is 3. The van der Waals surface area contributed by atoms with Gasteiger partial charge in [-0.3, -0.25) is 0 Å². The van der Waals surface area contributed by atoms with E-state index in [0.717, 1.165) is 18.6 Å². The predicted octanol–water partition coefficient (Wildman–Crippen LogP) is 2.27. The van der Waals surface area contributed by atoms with Crippen LogP contribution < -0.4 is 4.74 Å². The highest BCUT2D eigenvalue weighted by molar-refractivity contribution is 5.26. The molecule has 1 aliphatic rings. The van der Waals surface area contributed by atoms with Crippen LogP contribution in [0, 0.1) is 11.6 Å². The number of rotatable bonds is 5. The number of benzene rings is 1. The minimum Gasteiger partial charge on any atom is -0.481 e. The van der Waals surface area contributed by atoms with E-state index in [1.165, 1.54) is 6.07 Å². The fourth-order valence-electron chi connectivity index (χ4n) is 1.89. The molecule has 3 unspecified atom stereocenters.